The molecule has 0 unspecified atom stereocenters. The molecule has 0 saturated carbocycles. The summed E-state index contributed by atoms with van der Waals surface area (Å²) in [5.41, 5.74) is 8.53. The van der Waals surface area contributed by atoms with Crippen LogP contribution in [0.1, 0.15) is 11.3 Å². The Morgan fingerprint density at radius 1 is 1.21 bits per heavy atom. The van der Waals surface area contributed by atoms with Crippen LogP contribution in [-0.2, 0) is 0 Å². The molecule has 0 aliphatic carbocycles. The quantitative estimate of drug-likeness (QED) is 0.748. The number of oxazole rings is 1. The van der Waals surface area contributed by atoms with Crippen LogP contribution in [0.15, 0.2) is 28.7 Å². The highest BCUT2D eigenvalue weighted by molar-refractivity contribution is 5.64. The van der Waals surface area contributed by atoms with E-state index in [1.807, 2.05) is 38.1 Å². The van der Waals surface area contributed by atoms with Gasteiger partial charge in [0.05, 0.1) is 5.69 Å². The minimum Gasteiger partial charge on any atom is -0.423 e. The third-order valence-corrected chi connectivity index (χ3v) is 2.20. The number of benzene rings is 1. The van der Waals surface area contributed by atoms with E-state index in [2.05, 4.69) is 4.98 Å². The van der Waals surface area contributed by atoms with Crippen LogP contribution in [0.4, 0.5) is 6.01 Å². The van der Waals surface area contributed by atoms with Gasteiger partial charge in [-0.3, -0.25) is 0 Å². The number of nitrogen functional groups attached to an aromatic ring is 1. The standard InChI is InChI=1S/C11H12N2O/c1-7-5-3-4-6-9(7)10-8(2)13-11(12)14-10/h3-6H,1-2H3,(H2,12,13). The van der Waals surface area contributed by atoms with Crippen LogP contribution < -0.4 is 5.73 Å². The second kappa shape index (κ2) is 3.18. The van der Waals surface area contributed by atoms with Crippen LogP contribution in [-0.4, -0.2) is 4.98 Å². The zero-order chi connectivity index (χ0) is 10.1. The van der Waals surface area contributed by atoms with E-state index in [0.717, 1.165) is 22.6 Å². The lowest BCUT2D eigenvalue weighted by molar-refractivity contribution is 0.593. The number of rotatable bonds is 1. The Balaban J connectivity index is 2.60. The molecule has 0 saturated heterocycles. The first-order valence-corrected chi connectivity index (χ1v) is 4.47. The van der Waals surface area contributed by atoms with E-state index in [0.29, 0.717) is 0 Å². The molecule has 1 heterocycles. The molecule has 0 radical (unpaired) electrons. The molecule has 2 rings (SSSR count). The zero-order valence-corrected chi connectivity index (χ0v) is 8.24. The highest BCUT2D eigenvalue weighted by Gasteiger charge is 2.10. The van der Waals surface area contributed by atoms with E-state index in [1.54, 1.807) is 0 Å². The SMILES string of the molecule is Cc1ccccc1-c1oc(N)nc1C. The smallest absolute Gasteiger partial charge is 0.292 e. The largest absolute Gasteiger partial charge is 0.423 e. The minimum atomic E-state index is 0.223. The summed E-state index contributed by atoms with van der Waals surface area (Å²) in [7, 11) is 0. The number of hydrogen-bond donors (Lipinski definition) is 1. The van der Waals surface area contributed by atoms with Crippen molar-refractivity contribution in [1.29, 1.82) is 0 Å². The summed E-state index contributed by atoms with van der Waals surface area (Å²) in [4.78, 5) is 4.04. The molecule has 0 bridgehead atoms. The van der Waals surface area contributed by atoms with Gasteiger partial charge < -0.3 is 10.2 Å². The summed E-state index contributed by atoms with van der Waals surface area (Å²) in [5.74, 6) is 0.764. The number of hydrogen-bond acceptors (Lipinski definition) is 3. The Hall–Kier alpha value is -1.77. The van der Waals surface area contributed by atoms with Crippen LogP contribution in [0.5, 0.6) is 0 Å². The van der Waals surface area contributed by atoms with Gasteiger partial charge in [-0.2, -0.15) is 4.98 Å². The first kappa shape index (κ1) is 8.81. The molecule has 0 atom stereocenters. The summed E-state index contributed by atoms with van der Waals surface area (Å²) >= 11 is 0. The number of aromatic nitrogens is 1. The van der Waals surface area contributed by atoms with Crippen molar-refractivity contribution in [2.24, 2.45) is 0 Å². The summed E-state index contributed by atoms with van der Waals surface area (Å²) in [6.45, 7) is 3.93. The van der Waals surface area contributed by atoms with Crippen molar-refractivity contribution in [3.05, 3.63) is 35.5 Å². The van der Waals surface area contributed by atoms with Gasteiger partial charge in [0.25, 0.3) is 6.01 Å². The molecule has 0 spiro atoms. The number of nitrogens with zero attached hydrogens (tertiary/aromatic N) is 1. The molecule has 0 aliphatic heterocycles. The normalized spacial score (nSPS) is 10.4. The van der Waals surface area contributed by atoms with E-state index < -0.39 is 0 Å². The predicted molar refractivity (Wildman–Crippen MR) is 55.8 cm³/mol. The molecular weight excluding hydrogens is 176 g/mol. The minimum absolute atomic E-state index is 0.223. The van der Waals surface area contributed by atoms with Gasteiger partial charge in [-0.15, -0.1) is 0 Å². The van der Waals surface area contributed by atoms with E-state index >= 15 is 0 Å². The highest BCUT2D eigenvalue weighted by atomic mass is 16.4. The molecule has 3 heteroatoms. The molecule has 1 aromatic carbocycles. The Morgan fingerprint density at radius 3 is 2.50 bits per heavy atom. The third-order valence-electron chi connectivity index (χ3n) is 2.20. The number of nitrogens with two attached hydrogens (primary N) is 1. The lowest BCUT2D eigenvalue weighted by Crippen LogP contribution is -1.82. The summed E-state index contributed by atoms with van der Waals surface area (Å²) in [5, 5.41) is 0. The van der Waals surface area contributed by atoms with Crippen LogP contribution in [0.2, 0.25) is 0 Å². The van der Waals surface area contributed by atoms with Crippen LogP contribution in [0, 0.1) is 13.8 Å². The first-order valence-electron chi connectivity index (χ1n) is 4.47. The van der Waals surface area contributed by atoms with Crippen molar-refractivity contribution in [1.82, 2.24) is 4.98 Å². The fourth-order valence-electron chi connectivity index (χ4n) is 1.49. The maximum atomic E-state index is 5.49. The molecule has 2 N–H and O–H groups in total. The van der Waals surface area contributed by atoms with Crippen molar-refractivity contribution in [2.75, 3.05) is 5.73 Å². The van der Waals surface area contributed by atoms with Crippen molar-refractivity contribution >= 4 is 6.01 Å². The molecule has 0 amide bonds. The molecule has 2 aromatic rings. The number of anilines is 1. The molecule has 72 valence electrons. The second-order valence-corrected chi connectivity index (χ2v) is 3.28. The molecule has 0 aliphatic rings. The van der Waals surface area contributed by atoms with Crippen LogP contribution >= 0.6 is 0 Å². The lowest BCUT2D eigenvalue weighted by Gasteiger charge is -2.01. The van der Waals surface area contributed by atoms with Gasteiger partial charge in [-0.25, -0.2) is 0 Å². The monoisotopic (exact) mass is 188 g/mol. The Bertz CT molecular complexity index is 460. The Labute approximate surface area is 82.6 Å². The Kier molecular flexibility index (Phi) is 2.00. The highest BCUT2D eigenvalue weighted by Crippen LogP contribution is 2.27. The molecule has 3 nitrogen and oxygen atoms in total. The van der Waals surface area contributed by atoms with Gasteiger partial charge in [0.2, 0.25) is 0 Å². The lowest BCUT2D eigenvalue weighted by atomic mass is 10.1. The van der Waals surface area contributed by atoms with Gasteiger partial charge in [0.1, 0.15) is 0 Å². The van der Waals surface area contributed by atoms with Gasteiger partial charge in [0.15, 0.2) is 5.76 Å². The predicted octanol–water partition coefficient (Wildman–Crippen LogP) is 2.54. The summed E-state index contributed by atoms with van der Waals surface area (Å²) in [6.07, 6.45) is 0. The topological polar surface area (TPSA) is 52.0 Å². The van der Waals surface area contributed by atoms with Crippen molar-refractivity contribution in [2.45, 2.75) is 13.8 Å². The van der Waals surface area contributed by atoms with E-state index in [9.17, 15) is 0 Å². The summed E-state index contributed by atoms with van der Waals surface area (Å²) in [6, 6.07) is 8.23. The Morgan fingerprint density at radius 2 is 1.93 bits per heavy atom. The fraction of sp³-hybridized carbons (Fsp3) is 0.182. The van der Waals surface area contributed by atoms with Crippen molar-refractivity contribution in [3.8, 4) is 11.3 Å². The van der Waals surface area contributed by atoms with Gasteiger partial charge in [-0.1, -0.05) is 24.3 Å². The van der Waals surface area contributed by atoms with Gasteiger partial charge in [0, 0.05) is 5.56 Å². The molecule has 14 heavy (non-hydrogen) atoms. The van der Waals surface area contributed by atoms with Gasteiger partial charge in [-0.05, 0) is 19.4 Å². The molecular formula is C11H12N2O. The average Bonchev–Trinajstić information content (AvgIpc) is 2.46. The van der Waals surface area contributed by atoms with Gasteiger partial charge >= 0.3 is 0 Å². The zero-order valence-electron chi connectivity index (χ0n) is 8.24. The third kappa shape index (κ3) is 1.37. The van der Waals surface area contributed by atoms with Crippen LogP contribution in [0.3, 0.4) is 0 Å². The fourth-order valence-corrected chi connectivity index (χ4v) is 1.49. The maximum Gasteiger partial charge on any atom is 0.292 e. The van der Waals surface area contributed by atoms with Crippen molar-refractivity contribution < 1.29 is 4.42 Å². The van der Waals surface area contributed by atoms with E-state index in [4.69, 9.17) is 10.2 Å². The molecule has 0 fully saturated rings. The van der Waals surface area contributed by atoms with E-state index in [1.165, 1.54) is 0 Å². The molecule has 1 aromatic heterocycles. The second-order valence-electron chi connectivity index (χ2n) is 3.28. The number of aryl methyl sites for hydroxylation is 2. The van der Waals surface area contributed by atoms with E-state index in [-0.39, 0.29) is 6.01 Å². The van der Waals surface area contributed by atoms with Crippen LogP contribution in [0.25, 0.3) is 11.3 Å². The average molecular weight is 188 g/mol. The van der Waals surface area contributed by atoms with Crippen molar-refractivity contribution in [3.63, 3.8) is 0 Å². The maximum absolute atomic E-state index is 5.49. The first-order chi connectivity index (χ1) is 6.68. The summed E-state index contributed by atoms with van der Waals surface area (Å²) < 4.78 is 5.35.